The molecule has 0 spiro atoms. The van der Waals surface area contributed by atoms with Crippen LogP contribution in [0.5, 0.6) is 11.5 Å². The van der Waals surface area contributed by atoms with Gasteiger partial charge in [0.15, 0.2) is 11.5 Å². The summed E-state index contributed by atoms with van der Waals surface area (Å²) >= 11 is 0. The first-order valence-electron chi connectivity index (χ1n) is 11.7. The van der Waals surface area contributed by atoms with E-state index in [1.807, 2.05) is 30.3 Å². The van der Waals surface area contributed by atoms with E-state index in [1.165, 1.54) is 7.11 Å². The second kappa shape index (κ2) is 13.8. The number of rotatable bonds is 11. The fraction of sp³-hybridized carbons (Fsp3) is 0.423. The van der Waals surface area contributed by atoms with Gasteiger partial charge in [0.1, 0.15) is 6.04 Å². The Morgan fingerprint density at radius 2 is 1.63 bits per heavy atom. The zero-order chi connectivity index (χ0) is 25.8. The summed E-state index contributed by atoms with van der Waals surface area (Å²) in [6, 6.07) is 12.9. The average molecular weight is 485 g/mol. The van der Waals surface area contributed by atoms with Gasteiger partial charge in [-0.1, -0.05) is 58.0 Å². The first-order valence-corrected chi connectivity index (χ1v) is 11.7. The Balaban J connectivity index is 1.90. The molecule has 0 aromatic heterocycles. The molecule has 0 bridgehead atoms. The molecule has 0 saturated carbocycles. The minimum Gasteiger partial charge on any atom is -0.493 e. The van der Waals surface area contributed by atoms with E-state index in [1.54, 1.807) is 32.0 Å². The molecule has 2 rings (SSSR count). The third-order valence-electron chi connectivity index (χ3n) is 5.21. The van der Waals surface area contributed by atoms with E-state index in [0.717, 1.165) is 12.0 Å². The highest BCUT2D eigenvalue weighted by molar-refractivity contribution is 5.97. The summed E-state index contributed by atoms with van der Waals surface area (Å²) in [5, 5.41) is 5.38. The van der Waals surface area contributed by atoms with E-state index in [4.69, 9.17) is 9.47 Å². The van der Waals surface area contributed by atoms with Crippen LogP contribution in [-0.2, 0) is 11.3 Å². The van der Waals surface area contributed by atoms with Crippen LogP contribution in [0.15, 0.2) is 48.5 Å². The molecule has 0 aliphatic carbocycles. The van der Waals surface area contributed by atoms with Crippen LogP contribution in [0.2, 0.25) is 0 Å². The fourth-order valence-corrected chi connectivity index (χ4v) is 3.11. The van der Waals surface area contributed by atoms with E-state index in [0.29, 0.717) is 30.6 Å². The van der Waals surface area contributed by atoms with Crippen molar-refractivity contribution in [1.82, 2.24) is 21.5 Å². The lowest BCUT2D eigenvalue weighted by Crippen LogP contribution is -2.55. The molecule has 0 aliphatic heterocycles. The molecule has 1 atom stereocenters. The molecule has 9 heteroatoms. The van der Waals surface area contributed by atoms with Crippen LogP contribution >= 0.6 is 0 Å². The minimum absolute atomic E-state index is 0.211. The standard InChI is InChI=1S/C26H36N4O5/c1-17(2)13-14-35-21-12-11-20(15-22(21)34-5)24(31)29-30-25(32)23(18(3)4)28-26(33)27-16-19-9-7-6-8-10-19/h6-12,15,17-18,23H,13-14,16H2,1-5H3,(H,29,31)(H,30,32)(H2,27,28,33). The van der Waals surface area contributed by atoms with Crippen molar-refractivity contribution in [2.75, 3.05) is 13.7 Å². The van der Waals surface area contributed by atoms with Crippen molar-refractivity contribution in [2.24, 2.45) is 11.8 Å². The normalized spacial score (nSPS) is 11.5. The van der Waals surface area contributed by atoms with Gasteiger partial charge in [0.05, 0.1) is 13.7 Å². The highest BCUT2D eigenvalue weighted by Gasteiger charge is 2.25. The highest BCUT2D eigenvalue weighted by atomic mass is 16.5. The van der Waals surface area contributed by atoms with Crippen LogP contribution in [-0.4, -0.2) is 37.6 Å². The van der Waals surface area contributed by atoms with Gasteiger partial charge >= 0.3 is 6.03 Å². The summed E-state index contributed by atoms with van der Waals surface area (Å²) in [7, 11) is 1.50. The number of urea groups is 1. The molecule has 1 unspecified atom stereocenters. The number of hydrogen-bond donors (Lipinski definition) is 4. The number of methoxy groups -OCH3 is 1. The van der Waals surface area contributed by atoms with Gasteiger partial charge in [0.25, 0.3) is 11.8 Å². The van der Waals surface area contributed by atoms with Crippen LogP contribution < -0.4 is 31.0 Å². The van der Waals surface area contributed by atoms with Gasteiger partial charge in [-0.15, -0.1) is 0 Å². The number of carbonyl (C=O) groups excluding carboxylic acids is 3. The average Bonchev–Trinajstić information content (AvgIpc) is 2.84. The molecule has 190 valence electrons. The predicted octanol–water partition coefficient (Wildman–Crippen LogP) is 3.41. The van der Waals surface area contributed by atoms with Crippen molar-refractivity contribution in [3.8, 4) is 11.5 Å². The highest BCUT2D eigenvalue weighted by Crippen LogP contribution is 2.28. The molecule has 0 saturated heterocycles. The van der Waals surface area contributed by atoms with Crippen LogP contribution in [0.3, 0.4) is 0 Å². The van der Waals surface area contributed by atoms with Crippen LogP contribution in [0, 0.1) is 11.8 Å². The van der Waals surface area contributed by atoms with Crippen molar-refractivity contribution in [3.05, 3.63) is 59.7 Å². The van der Waals surface area contributed by atoms with E-state index in [9.17, 15) is 14.4 Å². The lowest BCUT2D eigenvalue weighted by molar-refractivity contribution is -0.124. The summed E-state index contributed by atoms with van der Waals surface area (Å²) in [6.07, 6.45) is 0.896. The third-order valence-corrected chi connectivity index (χ3v) is 5.21. The molecule has 2 aromatic carbocycles. The summed E-state index contributed by atoms with van der Waals surface area (Å²) in [6.45, 7) is 8.68. The Labute approximate surface area is 206 Å². The topological polar surface area (TPSA) is 118 Å². The first kappa shape index (κ1) is 27.5. The van der Waals surface area contributed by atoms with Gasteiger partial charge in [0.2, 0.25) is 0 Å². The van der Waals surface area contributed by atoms with Crippen LogP contribution in [0.25, 0.3) is 0 Å². The molecular formula is C26H36N4O5. The monoisotopic (exact) mass is 484 g/mol. The summed E-state index contributed by atoms with van der Waals surface area (Å²) in [5.74, 6) is 0.194. The van der Waals surface area contributed by atoms with Gasteiger partial charge in [0, 0.05) is 12.1 Å². The number of nitrogens with one attached hydrogen (secondary N) is 4. The maximum atomic E-state index is 12.7. The molecule has 4 amide bonds. The Morgan fingerprint density at radius 3 is 2.26 bits per heavy atom. The quantitative estimate of drug-likeness (QED) is 0.365. The van der Waals surface area contributed by atoms with Gasteiger partial charge in [-0.2, -0.15) is 0 Å². The summed E-state index contributed by atoms with van der Waals surface area (Å²) in [4.78, 5) is 37.5. The number of hydrogen-bond acceptors (Lipinski definition) is 5. The maximum absolute atomic E-state index is 12.7. The van der Waals surface area contributed by atoms with Crippen molar-refractivity contribution >= 4 is 17.8 Å². The SMILES string of the molecule is COc1cc(C(=O)NNC(=O)C(NC(=O)NCc2ccccc2)C(C)C)ccc1OCCC(C)C. The minimum atomic E-state index is -0.850. The molecule has 4 N–H and O–H groups in total. The lowest BCUT2D eigenvalue weighted by atomic mass is 10.0. The lowest BCUT2D eigenvalue weighted by Gasteiger charge is -2.22. The van der Waals surface area contributed by atoms with Crippen molar-refractivity contribution in [1.29, 1.82) is 0 Å². The zero-order valence-electron chi connectivity index (χ0n) is 21.0. The van der Waals surface area contributed by atoms with Gasteiger partial charge in [-0.3, -0.25) is 20.4 Å². The van der Waals surface area contributed by atoms with Crippen molar-refractivity contribution in [3.63, 3.8) is 0 Å². The molecule has 0 heterocycles. The Kier molecular flexibility index (Phi) is 10.9. The Bertz CT molecular complexity index is 979. The largest absolute Gasteiger partial charge is 0.493 e. The fourth-order valence-electron chi connectivity index (χ4n) is 3.11. The number of carbonyl (C=O) groups is 3. The van der Waals surface area contributed by atoms with Gasteiger partial charge < -0.3 is 20.1 Å². The molecule has 0 radical (unpaired) electrons. The van der Waals surface area contributed by atoms with E-state index in [-0.39, 0.29) is 11.5 Å². The molecule has 2 aromatic rings. The van der Waals surface area contributed by atoms with Crippen molar-refractivity contribution in [2.45, 2.75) is 46.7 Å². The summed E-state index contributed by atoms with van der Waals surface area (Å²) in [5.41, 5.74) is 6.00. The van der Waals surface area contributed by atoms with Gasteiger partial charge in [-0.25, -0.2) is 4.79 Å². The number of benzene rings is 2. The molecule has 0 fully saturated rings. The van der Waals surface area contributed by atoms with E-state index in [2.05, 4.69) is 35.3 Å². The smallest absolute Gasteiger partial charge is 0.315 e. The maximum Gasteiger partial charge on any atom is 0.315 e. The van der Waals surface area contributed by atoms with Crippen LogP contribution in [0.1, 0.15) is 50.0 Å². The second-order valence-electron chi connectivity index (χ2n) is 8.87. The van der Waals surface area contributed by atoms with Crippen LogP contribution in [0.4, 0.5) is 4.79 Å². The number of hydrazine groups is 1. The Morgan fingerprint density at radius 1 is 0.914 bits per heavy atom. The van der Waals surface area contributed by atoms with Crippen molar-refractivity contribution < 1.29 is 23.9 Å². The van der Waals surface area contributed by atoms with E-state index < -0.39 is 23.9 Å². The Hall–Kier alpha value is -3.75. The summed E-state index contributed by atoms with van der Waals surface area (Å²) < 4.78 is 11.1. The first-order chi connectivity index (χ1) is 16.7. The molecule has 0 aliphatic rings. The molecular weight excluding hydrogens is 448 g/mol. The predicted molar refractivity (Wildman–Crippen MR) is 134 cm³/mol. The van der Waals surface area contributed by atoms with Gasteiger partial charge in [-0.05, 0) is 42.0 Å². The van der Waals surface area contributed by atoms with E-state index >= 15 is 0 Å². The molecule has 9 nitrogen and oxygen atoms in total. The number of amides is 4. The second-order valence-corrected chi connectivity index (χ2v) is 8.87. The zero-order valence-corrected chi connectivity index (χ0v) is 21.0. The molecule has 35 heavy (non-hydrogen) atoms. The number of ether oxygens (including phenoxy) is 2. The third kappa shape index (κ3) is 9.19.